The number of carbonyl (C=O) groups is 1. The maximum absolute atomic E-state index is 10.4. The summed E-state index contributed by atoms with van der Waals surface area (Å²) in [5.74, 6) is -0.852. The molecule has 0 bridgehead atoms. The summed E-state index contributed by atoms with van der Waals surface area (Å²) in [7, 11) is 0. The van der Waals surface area contributed by atoms with Crippen LogP contribution in [0.1, 0.15) is 12.0 Å². The van der Waals surface area contributed by atoms with Crippen LogP contribution in [0, 0.1) is 0 Å². The van der Waals surface area contributed by atoms with Gasteiger partial charge in [0.25, 0.3) is 0 Å². The van der Waals surface area contributed by atoms with Gasteiger partial charge in [-0.05, 0) is 24.1 Å². The highest BCUT2D eigenvalue weighted by molar-refractivity contribution is 9.10. The van der Waals surface area contributed by atoms with Crippen LogP contribution in [0.4, 0.5) is 0 Å². The number of nitrogens with two attached hydrogens (primary N) is 1. The second kappa shape index (κ2) is 6.82. The van der Waals surface area contributed by atoms with Gasteiger partial charge in [0, 0.05) is 10.5 Å². The first-order chi connectivity index (χ1) is 6.58. The number of hydrogen-bond donors (Lipinski definition) is 2. The molecule has 0 aliphatic carbocycles. The third-order valence-corrected chi connectivity index (χ3v) is 2.38. The fourth-order valence-corrected chi connectivity index (χ4v) is 1.48. The summed E-state index contributed by atoms with van der Waals surface area (Å²) in [4.78, 5) is 10.4. The Bertz CT molecular complexity index is 316. The molecule has 3 nitrogen and oxygen atoms in total. The van der Waals surface area contributed by atoms with Crippen molar-refractivity contribution < 1.29 is 9.90 Å². The molecule has 84 valence electrons. The summed E-state index contributed by atoms with van der Waals surface area (Å²) < 4.78 is 1.01. The van der Waals surface area contributed by atoms with Gasteiger partial charge in [0.15, 0.2) is 0 Å². The van der Waals surface area contributed by atoms with Gasteiger partial charge in [-0.15, -0.1) is 12.4 Å². The third kappa shape index (κ3) is 5.77. The van der Waals surface area contributed by atoms with E-state index in [-0.39, 0.29) is 24.9 Å². The van der Waals surface area contributed by atoms with Crippen LogP contribution >= 0.6 is 28.3 Å². The average molecular weight is 295 g/mol. The first kappa shape index (κ1) is 14.4. The predicted octanol–water partition coefficient (Wildman–Crippen LogP) is 2.22. The predicted molar refractivity (Wildman–Crippen MR) is 65.3 cm³/mol. The van der Waals surface area contributed by atoms with Crippen LogP contribution < -0.4 is 5.73 Å². The number of aliphatic carboxylic acids is 1. The van der Waals surface area contributed by atoms with Crippen molar-refractivity contribution in [1.82, 2.24) is 0 Å². The van der Waals surface area contributed by atoms with Crippen molar-refractivity contribution in [3.8, 4) is 0 Å². The fourth-order valence-electron chi connectivity index (χ4n) is 1.22. The smallest absolute Gasteiger partial charge is 0.304 e. The van der Waals surface area contributed by atoms with Gasteiger partial charge in [0.2, 0.25) is 0 Å². The fraction of sp³-hybridized carbons (Fsp3) is 0.300. The maximum Gasteiger partial charge on any atom is 0.304 e. The second-order valence-electron chi connectivity index (χ2n) is 3.19. The molecule has 0 spiro atoms. The minimum atomic E-state index is -0.852. The highest BCUT2D eigenvalue weighted by Crippen LogP contribution is 2.12. The number of carboxylic acid groups (broad SMARTS) is 1. The van der Waals surface area contributed by atoms with E-state index in [4.69, 9.17) is 10.8 Å². The Hall–Kier alpha value is -0.580. The Kier molecular flexibility index (Phi) is 6.56. The lowest BCUT2D eigenvalue weighted by Crippen LogP contribution is -2.26. The van der Waals surface area contributed by atoms with Gasteiger partial charge in [-0.1, -0.05) is 28.1 Å². The second-order valence-corrected chi connectivity index (χ2v) is 4.10. The Morgan fingerprint density at radius 3 is 2.40 bits per heavy atom. The molecule has 0 aliphatic rings. The van der Waals surface area contributed by atoms with Crippen LogP contribution in [0.2, 0.25) is 0 Å². The lowest BCUT2D eigenvalue weighted by molar-refractivity contribution is -0.137. The number of rotatable bonds is 4. The Morgan fingerprint density at radius 1 is 1.40 bits per heavy atom. The standard InChI is InChI=1S/C10H12BrNO2.ClH/c11-8-3-1-7(2-4-8)5-9(12)6-10(13)14;/h1-4,9H,5-6,12H2,(H,13,14);1H/t9-;/m0./s1. The van der Waals surface area contributed by atoms with Crippen molar-refractivity contribution in [1.29, 1.82) is 0 Å². The van der Waals surface area contributed by atoms with Crippen molar-refractivity contribution in [3.05, 3.63) is 34.3 Å². The monoisotopic (exact) mass is 293 g/mol. The molecule has 0 heterocycles. The molecule has 15 heavy (non-hydrogen) atoms. The molecule has 1 aromatic rings. The molecule has 0 saturated heterocycles. The molecule has 0 amide bonds. The first-order valence-corrected chi connectivity index (χ1v) is 5.09. The quantitative estimate of drug-likeness (QED) is 0.895. The van der Waals surface area contributed by atoms with Crippen molar-refractivity contribution in [2.75, 3.05) is 0 Å². The molecule has 1 atom stereocenters. The summed E-state index contributed by atoms with van der Waals surface area (Å²) in [6.07, 6.45) is 0.607. The van der Waals surface area contributed by atoms with E-state index in [2.05, 4.69) is 15.9 Å². The largest absolute Gasteiger partial charge is 0.481 e. The van der Waals surface area contributed by atoms with E-state index < -0.39 is 5.97 Å². The normalized spacial score (nSPS) is 11.6. The molecule has 0 saturated carbocycles. The lowest BCUT2D eigenvalue weighted by Gasteiger charge is -2.08. The van der Waals surface area contributed by atoms with Crippen molar-refractivity contribution >= 4 is 34.3 Å². The summed E-state index contributed by atoms with van der Waals surface area (Å²) >= 11 is 3.33. The van der Waals surface area contributed by atoms with Gasteiger partial charge in [-0.3, -0.25) is 4.79 Å². The SMILES string of the molecule is Cl.N[C@H](CC(=O)O)Cc1ccc(Br)cc1. The maximum atomic E-state index is 10.4. The van der Waals surface area contributed by atoms with Gasteiger partial charge < -0.3 is 10.8 Å². The molecule has 1 aromatic carbocycles. The van der Waals surface area contributed by atoms with Crippen molar-refractivity contribution in [3.63, 3.8) is 0 Å². The minimum Gasteiger partial charge on any atom is -0.481 e. The van der Waals surface area contributed by atoms with Gasteiger partial charge in [0.05, 0.1) is 6.42 Å². The van der Waals surface area contributed by atoms with Gasteiger partial charge in [-0.25, -0.2) is 0 Å². The van der Waals surface area contributed by atoms with Crippen LogP contribution in [-0.4, -0.2) is 17.1 Å². The zero-order valence-electron chi connectivity index (χ0n) is 8.02. The molecule has 3 N–H and O–H groups in total. The molecule has 0 aromatic heterocycles. The Morgan fingerprint density at radius 2 is 1.93 bits per heavy atom. The molecular formula is C10H13BrClNO2. The van der Waals surface area contributed by atoms with Gasteiger partial charge in [0.1, 0.15) is 0 Å². The first-order valence-electron chi connectivity index (χ1n) is 4.30. The molecular weight excluding hydrogens is 281 g/mol. The number of benzene rings is 1. The van der Waals surface area contributed by atoms with Crippen LogP contribution in [-0.2, 0) is 11.2 Å². The van der Waals surface area contributed by atoms with Gasteiger partial charge >= 0.3 is 5.97 Å². The van der Waals surface area contributed by atoms with E-state index in [1.807, 2.05) is 24.3 Å². The summed E-state index contributed by atoms with van der Waals surface area (Å²) in [6, 6.07) is 7.40. The van der Waals surface area contributed by atoms with Crippen LogP contribution in [0.3, 0.4) is 0 Å². The van der Waals surface area contributed by atoms with E-state index in [9.17, 15) is 4.79 Å². The zero-order valence-corrected chi connectivity index (χ0v) is 10.4. The minimum absolute atomic E-state index is 0. The van der Waals surface area contributed by atoms with Crippen LogP contribution in [0.5, 0.6) is 0 Å². The summed E-state index contributed by atoms with van der Waals surface area (Å²) in [5, 5.41) is 8.52. The molecule has 0 unspecified atom stereocenters. The van der Waals surface area contributed by atoms with E-state index in [1.165, 1.54) is 0 Å². The number of hydrogen-bond acceptors (Lipinski definition) is 2. The molecule has 0 radical (unpaired) electrons. The zero-order chi connectivity index (χ0) is 10.6. The molecule has 0 fully saturated rings. The van der Waals surface area contributed by atoms with Crippen molar-refractivity contribution in [2.24, 2.45) is 5.73 Å². The number of carboxylic acids is 1. The average Bonchev–Trinajstić information content (AvgIpc) is 2.07. The van der Waals surface area contributed by atoms with E-state index >= 15 is 0 Å². The topological polar surface area (TPSA) is 63.3 Å². The molecule has 1 rings (SSSR count). The van der Waals surface area contributed by atoms with Crippen molar-refractivity contribution in [2.45, 2.75) is 18.9 Å². The summed E-state index contributed by atoms with van der Waals surface area (Å²) in [6.45, 7) is 0. The summed E-state index contributed by atoms with van der Waals surface area (Å²) in [5.41, 5.74) is 6.71. The molecule has 0 aliphatic heterocycles. The lowest BCUT2D eigenvalue weighted by atomic mass is 10.0. The number of halogens is 2. The van der Waals surface area contributed by atoms with E-state index in [0.29, 0.717) is 6.42 Å². The highest BCUT2D eigenvalue weighted by atomic mass is 79.9. The highest BCUT2D eigenvalue weighted by Gasteiger charge is 2.08. The third-order valence-electron chi connectivity index (χ3n) is 1.85. The van der Waals surface area contributed by atoms with E-state index in [0.717, 1.165) is 10.0 Å². The molecule has 5 heteroatoms. The Labute approximate surface area is 103 Å². The van der Waals surface area contributed by atoms with Crippen LogP contribution in [0.15, 0.2) is 28.7 Å². The van der Waals surface area contributed by atoms with E-state index in [1.54, 1.807) is 0 Å². The van der Waals surface area contributed by atoms with Crippen LogP contribution in [0.25, 0.3) is 0 Å². The Balaban J connectivity index is 0.00000196. The van der Waals surface area contributed by atoms with Gasteiger partial charge in [-0.2, -0.15) is 0 Å².